The van der Waals surface area contributed by atoms with Crippen LogP contribution in [0, 0.1) is 6.92 Å². The molecule has 1 aliphatic rings. The van der Waals surface area contributed by atoms with Crippen molar-refractivity contribution in [2.45, 2.75) is 19.9 Å². The molecule has 41 heavy (non-hydrogen) atoms. The molecule has 1 atom stereocenters. The van der Waals surface area contributed by atoms with Crippen LogP contribution < -0.4 is 30.2 Å². The number of benzene rings is 3. The minimum Gasteiger partial charge on any atom is -0.495 e. The average molecular weight is 554 g/mol. The predicted octanol–water partition coefficient (Wildman–Crippen LogP) is 5.40. The van der Waals surface area contributed by atoms with E-state index in [0.717, 1.165) is 5.56 Å². The first-order valence-corrected chi connectivity index (χ1v) is 12.9. The van der Waals surface area contributed by atoms with Crippen LogP contribution in [0.4, 0.5) is 17.2 Å². The summed E-state index contributed by atoms with van der Waals surface area (Å²) in [6.45, 7) is 3.75. The minimum atomic E-state index is -0.693. The molecule has 4 aromatic rings. The van der Waals surface area contributed by atoms with E-state index in [0.29, 0.717) is 56.8 Å². The molecule has 3 aromatic carbocycles. The number of allylic oxidation sites excluding steroid dienone is 1. The highest BCUT2D eigenvalue weighted by Crippen LogP contribution is 2.41. The van der Waals surface area contributed by atoms with Crippen LogP contribution in [0.2, 0.25) is 0 Å². The molecule has 0 fully saturated rings. The Hall–Kier alpha value is -5.25. The van der Waals surface area contributed by atoms with E-state index in [9.17, 15) is 9.59 Å². The summed E-state index contributed by atoms with van der Waals surface area (Å²) in [6.07, 6.45) is 1.50. The van der Waals surface area contributed by atoms with Gasteiger partial charge in [-0.25, -0.2) is 4.68 Å². The Morgan fingerprint density at radius 3 is 2.32 bits per heavy atom. The van der Waals surface area contributed by atoms with Gasteiger partial charge in [0.1, 0.15) is 23.2 Å². The second-order valence-electron chi connectivity index (χ2n) is 9.51. The fraction of sp³-hybridized carbons (Fsp3) is 0.194. The fourth-order valence-electron chi connectivity index (χ4n) is 4.91. The van der Waals surface area contributed by atoms with E-state index in [1.165, 1.54) is 6.20 Å². The van der Waals surface area contributed by atoms with Crippen molar-refractivity contribution in [3.8, 4) is 17.2 Å². The third-order valence-electron chi connectivity index (χ3n) is 6.87. The maximum atomic E-state index is 13.9. The molecule has 0 spiro atoms. The number of hydrogen-bond donors (Lipinski definition) is 3. The molecule has 0 aliphatic carbocycles. The van der Waals surface area contributed by atoms with Gasteiger partial charge in [0.25, 0.3) is 11.8 Å². The molecule has 0 unspecified atom stereocenters. The summed E-state index contributed by atoms with van der Waals surface area (Å²) >= 11 is 0. The molecule has 3 N–H and O–H groups in total. The topological polar surface area (TPSA) is 116 Å². The van der Waals surface area contributed by atoms with Crippen molar-refractivity contribution in [1.29, 1.82) is 0 Å². The number of anilines is 3. The van der Waals surface area contributed by atoms with Crippen LogP contribution in [0.1, 0.15) is 34.5 Å². The molecule has 0 saturated heterocycles. The van der Waals surface area contributed by atoms with Gasteiger partial charge in [-0.3, -0.25) is 9.59 Å². The molecular formula is C31H31N5O5. The highest BCUT2D eigenvalue weighted by Gasteiger charge is 2.36. The zero-order chi connectivity index (χ0) is 29.1. The Bertz CT molecular complexity index is 1660. The van der Waals surface area contributed by atoms with Crippen LogP contribution in [-0.4, -0.2) is 42.9 Å². The van der Waals surface area contributed by atoms with Gasteiger partial charge in [0.15, 0.2) is 11.5 Å². The van der Waals surface area contributed by atoms with Crippen molar-refractivity contribution in [3.05, 3.63) is 101 Å². The Morgan fingerprint density at radius 2 is 1.59 bits per heavy atom. The first-order chi connectivity index (χ1) is 19.8. The Labute approximate surface area is 237 Å². The molecule has 10 heteroatoms. The van der Waals surface area contributed by atoms with Gasteiger partial charge in [-0.15, -0.1) is 0 Å². The van der Waals surface area contributed by atoms with Gasteiger partial charge in [-0.1, -0.05) is 30.3 Å². The monoisotopic (exact) mass is 553 g/mol. The quantitative estimate of drug-likeness (QED) is 0.268. The number of carbonyl (C=O) groups is 2. The van der Waals surface area contributed by atoms with Gasteiger partial charge >= 0.3 is 0 Å². The number of methoxy groups -OCH3 is 3. The number of carbonyl (C=O) groups excluding carboxylic acids is 2. The standard InChI is InChI=1S/C31H31N5O5/c1-18-9-8-10-21(15-18)34-30(37)22-17-32-36-28(20-13-14-25(40-4)26(16-20)41-5)27(19(2)33-29(22)36)31(38)35-23-11-6-7-12-24(23)39-3/h6-17,28,33H,1-5H3,(H,34,37)(H,35,38)/t28-/m0/s1. The average Bonchev–Trinajstić information content (AvgIpc) is 3.39. The van der Waals surface area contributed by atoms with Crippen LogP contribution in [0.25, 0.3) is 0 Å². The largest absolute Gasteiger partial charge is 0.495 e. The number of rotatable bonds is 8. The summed E-state index contributed by atoms with van der Waals surface area (Å²) in [4.78, 5) is 27.3. The number of ether oxygens (including phenoxy) is 3. The Balaban J connectivity index is 1.59. The molecule has 0 radical (unpaired) electrons. The summed E-state index contributed by atoms with van der Waals surface area (Å²) in [5.41, 5.74) is 4.24. The van der Waals surface area contributed by atoms with Gasteiger partial charge in [-0.2, -0.15) is 5.10 Å². The number of aromatic nitrogens is 2. The maximum Gasteiger partial charge on any atom is 0.261 e. The smallest absolute Gasteiger partial charge is 0.261 e. The van der Waals surface area contributed by atoms with Crippen LogP contribution in [0.5, 0.6) is 17.2 Å². The number of nitrogens with one attached hydrogen (secondary N) is 3. The van der Waals surface area contributed by atoms with Crippen molar-refractivity contribution in [2.75, 3.05) is 37.3 Å². The normalized spacial score (nSPS) is 14.0. The minimum absolute atomic E-state index is 0.329. The van der Waals surface area contributed by atoms with Crippen LogP contribution >= 0.6 is 0 Å². The Morgan fingerprint density at radius 1 is 0.829 bits per heavy atom. The zero-order valence-electron chi connectivity index (χ0n) is 23.4. The summed E-state index contributed by atoms with van der Waals surface area (Å²) in [7, 11) is 4.65. The highest BCUT2D eigenvalue weighted by atomic mass is 16.5. The van der Waals surface area contributed by atoms with Crippen molar-refractivity contribution in [2.24, 2.45) is 0 Å². The van der Waals surface area contributed by atoms with Gasteiger partial charge in [0.2, 0.25) is 0 Å². The second kappa shape index (κ2) is 11.5. The first-order valence-electron chi connectivity index (χ1n) is 12.9. The number of nitrogens with zero attached hydrogens (tertiary/aromatic N) is 2. The number of amides is 2. The summed E-state index contributed by atoms with van der Waals surface area (Å²) in [6, 6.07) is 19.5. The lowest BCUT2D eigenvalue weighted by Gasteiger charge is -2.30. The molecule has 0 bridgehead atoms. The number of aryl methyl sites for hydroxylation is 1. The second-order valence-corrected chi connectivity index (χ2v) is 9.51. The molecule has 0 saturated carbocycles. The SMILES string of the molecule is COc1ccccc1NC(=O)C1=C(C)Nc2c(C(=O)Nc3cccc(C)c3)cnn2[C@H]1c1ccc(OC)c(OC)c1. The van der Waals surface area contributed by atoms with E-state index in [2.05, 4.69) is 21.0 Å². The van der Waals surface area contributed by atoms with E-state index >= 15 is 0 Å². The molecule has 2 heterocycles. The maximum absolute atomic E-state index is 13.9. The van der Waals surface area contributed by atoms with Crippen LogP contribution in [0.3, 0.4) is 0 Å². The van der Waals surface area contributed by atoms with Gasteiger partial charge < -0.3 is 30.2 Å². The number of fused-ring (bicyclic) bond motifs is 1. The molecule has 5 rings (SSSR count). The molecule has 210 valence electrons. The van der Waals surface area contributed by atoms with Crippen molar-refractivity contribution >= 4 is 29.0 Å². The van der Waals surface area contributed by atoms with E-state index in [1.54, 1.807) is 57.2 Å². The van der Waals surface area contributed by atoms with Crippen molar-refractivity contribution in [1.82, 2.24) is 9.78 Å². The Kier molecular flexibility index (Phi) is 7.64. The third kappa shape index (κ3) is 5.31. The van der Waals surface area contributed by atoms with Gasteiger partial charge in [0, 0.05) is 11.4 Å². The number of para-hydroxylation sites is 2. The van der Waals surface area contributed by atoms with E-state index in [1.807, 2.05) is 49.4 Å². The summed E-state index contributed by atoms with van der Waals surface area (Å²) < 4.78 is 18.1. The molecule has 2 amide bonds. The molecule has 10 nitrogen and oxygen atoms in total. The lowest BCUT2D eigenvalue weighted by Crippen LogP contribution is -2.32. The summed E-state index contributed by atoms with van der Waals surface area (Å²) in [5.74, 6) is 1.35. The predicted molar refractivity (Wildman–Crippen MR) is 157 cm³/mol. The zero-order valence-corrected chi connectivity index (χ0v) is 23.4. The van der Waals surface area contributed by atoms with Crippen molar-refractivity contribution < 1.29 is 23.8 Å². The van der Waals surface area contributed by atoms with Crippen LogP contribution in [-0.2, 0) is 4.79 Å². The van der Waals surface area contributed by atoms with Gasteiger partial charge in [0.05, 0.1) is 38.8 Å². The highest BCUT2D eigenvalue weighted by molar-refractivity contribution is 6.09. The number of hydrogen-bond acceptors (Lipinski definition) is 7. The first kappa shape index (κ1) is 27.3. The molecule has 1 aliphatic heterocycles. The van der Waals surface area contributed by atoms with E-state index in [4.69, 9.17) is 14.2 Å². The van der Waals surface area contributed by atoms with E-state index < -0.39 is 6.04 Å². The van der Waals surface area contributed by atoms with Gasteiger partial charge in [-0.05, 0) is 61.4 Å². The lowest BCUT2D eigenvalue weighted by molar-refractivity contribution is -0.113. The molecular weight excluding hydrogens is 522 g/mol. The fourth-order valence-corrected chi connectivity index (χ4v) is 4.91. The molecule has 1 aromatic heterocycles. The van der Waals surface area contributed by atoms with Crippen LogP contribution in [0.15, 0.2) is 84.2 Å². The third-order valence-corrected chi connectivity index (χ3v) is 6.87. The van der Waals surface area contributed by atoms with E-state index in [-0.39, 0.29) is 11.8 Å². The van der Waals surface area contributed by atoms with Crippen molar-refractivity contribution in [3.63, 3.8) is 0 Å². The summed E-state index contributed by atoms with van der Waals surface area (Å²) in [5, 5.41) is 13.7. The lowest BCUT2D eigenvalue weighted by atomic mass is 9.94.